The fraction of sp³-hybridized carbons (Fsp3) is 0.444. The van der Waals surface area contributed by atoms with E-state index in [9.17, 15) is 0 Å². The van der Waals surface area contributed by atoms with Gasteiger partial charge in [0.2, 0.25) is 5.88 Å². The molecule has 2 radical (unpaired) electrons. The average molecular weight is 574 g/mol. The van der Waals surface area contributed by atoms with Crippen LogP contribution in [0.4, 0.5) is 11.6 Å². The smallest absolute Gasteiger partial charge is 0.533 e. The minimum absolute atomic E-state index is 0. The Bertz CT molecular complexity index is 1230. The molecule has 4 bridgehead atoms. The van der Waals surface area contributed by atoms with Crippen molar-refractivity contribution in [3.63, 3.8) is 0 Å². The van der Waals surface area contributed by atoms with Crippen LogP contribution in [0.1, 0.15) is 60.5 Å². The molecule has 0 fully saturated rings. The molecule has 12 heteroatoms. The first kappa shape index (κ1) is 35.4. The SMILES string of the molecule is CC.CC(C)C.[B][P-]C(=N)/C(=C\C)c1cnc2cc1O[C@@H](C)CCOc1c(cnn1C)-c1nccc(n1)N2.[K+]. The number of fused-ring (bicyclic) bond motifs is 6. The molecule has 2 N–H and O–H groups in total. The van der Waals surface area contributed by atoms with Gasteiger partial charge in [-0.05, 0) is 31.4 Å². The maximum Gasteiger partial charge on any atom is 1.00 e. The van der Waals surface area contributed by atoms with Crippen molar-refractivity contribution in [1.82, 2.24) is 24.7 Å². The van der Waals surface area contributed by atoms with Crippen LogP contribution in [0.25, 0.3) is 17.0 Å². The zero-order chi connectivity index (χ0) is 28.2. The van der Waals surface area contributed by atoms with Gasteiger partial charge in [0, 0.05) is 37.5 Å². The summed E-state index contributed by atoms with van der Waals surface area (Å²) in [5.74, 6) is 3.66. The molecule has 0 amide bonds. The number of pyridine rings is 1. The average Bonchev–Trinajstić information content (AvgIpc) is 3.26. The van der Waals surface area contributed by atoms with Gasteiger partial charge in [-0.15, -0.1) is 5.45 Å². The first-order chi connectivity index (χ1) is 18.2. The molecule has 202 valence electrons. The van der Waals surface area contributed by atoms with Gasteiger partial charge in [0.1, 0.15) is 22.9 Å². The standard InChI is InChI=1S/C21H22BN7O2P.C4H10.C2H6.K/c1-4-13(19(23)32-22)14-10-25-18-9-16(14)31-12(2)6-8-30-21-15(11-26-29(21)3)20-24-7-5-17(27-18)28-20;1-4(2)3;1-2;/h4-5,7,9-12,23H,6,8H2,1-3H3,(H,24,25,27,28);4H,1-3H3;1-2H3;/q-1;;;+1/b13-4-,23-19?;;;/t12-;;;/m0.../s1. The van der Waals surface area contributed by atoms with Crippen molar-refractivity contribution in [2.75, 3.05) is 11.9 Å². The summed E-state index contributed by atoms with van der Waals surface area (Å²) in [6.07, 6.45) is 7.36. The van der Waals surface area contributed by atoms with Gasteiger partial charge in [-0.1, -0.05) is 40.7 Å². The number of nitrogens with one attached hydrogen (secondary N) is 2. The van der Waals surface area contributed by atoms with Crippen molar-refractivity contribution in [3.05, 3.63) is 42.4 Å². The summed E-state index contributed by atoms with van der Waals surface area (Å²) in [7, 11) is 7.88. The van der Waals surface area contributed by atoms with Crippen LogP contribution in [0.3, 0.4) is 0 Å². The minimum atomic E-state index is -0.152. The normalized spacial score (nSPS) is 14.6. The summed E-state index contributed by atoms with van der Waals surface area (Å²) >= 11 is 0. The molecule has 3 aromatic heterocycles. The van der Waals surface area contributed by atoms with Gasteiger partial charge < -0.3 is 28.7 Å². The number of anilines is 2. The number of ether oxygens (including phenoxy) is 2. The quantitative estimate of drug-likeness (QED) is 0.280. The number of aryl methyl sites for hydroxylation is 1. The third kappa shape index (κ3) is 10.4. The van der Waals surface area contributed by atoms with Crippen molar-refractivity contribution >= 4 is 38.7 Å². The van der Waals surface area contributed by atoms with Crippen molar-refractivity contribution in [2.24, 2.45) is 13.0 Å². The molecule has 9 nitrogen and oxygen atoms in total. The van der Waals surface area contributed by atoms with Gasteiger partial charge in [-0.2, -0.15) is 12.7 Å². The Balaban J connectivity index is 0.000000997. The van der Waals surface area contributed by atoms with E-state index in [0.717, 1.165) is 5.92 Å². The number of hydrogen-bond acceptors (Lipinski definition) is 8. The van der Waals surface area contributed by atoms with Gasteiger partial charge in [-0.25, -0.2) is 19.6 Å². The Hall–Kier alpha value is -1.62. The molecular weight excluding hydrogens is 535 g/mol. The van der Waals surface area contributed by atoms with Crippen LogP contribution < -0.4 is 66.2 Å². The summed E-state index contributed by atoms with van der Waals surface area (Å²) in [4.78, 5) is 13.5. The number of nitrogens with zero attached hydrogens (tertiary/aromatic N) is 5. The van der Waals surface area contributed by atoms with E-state index in [1.807, 2.05) is 40.8 Å². The molecule has 0 aliphatic carbocycles. The topological polar surface area (TPSA) is 111 Å². The molecule has 0 unspecified atom stereocenters. The maximum atomic E-state index is 8.21. The predicted octanol–water partition coefficient (Wildman–Crippen LogP) is 3.67. The summed E-state index contributed by atoms with van der Waals surface area (Å²) < 4.78 is 14.0. The first-order valence-corrected chi connectivity index (χ1v) is 13.8. The zero-order valence-corrected chi connectivity index (χ0v) is 28.6. The van der Waals surface area contributed by atoms with Gasteiger partial charge in [0.25, 0.3) is 0 Å². The Morgan fingerprint density at radius 3 is 2.56 bits per heavy atom. The molecule has 4 heterocycles. The van der Waals surface area contributed by atoms with Crippen LogP contribution >= 0.6 is 8.46 Å². The third-order valence-electron chi connectivity index (χ3n) is 4.96. The van der Waals surface area contributed by atoms with Gasteiger partial charge in [-0.3, -0.25) is 0 Å². The van der Waals surface area contributed by atoms with E-state index in [1.165, 1.54) is 0 Å². The number of allylic oxidation sites excluding steroid dienone is 2. The van der Waals surface area contributed by atoms with E-state index in [4.69, 9.17) is 22.4 Å². The van der Waals surface area contributed by atoms with Crippen molar-refractivity contribution in [2.45, 2.75) is 61.0 Å². The molecule has 4 rings (SSSR count). The Labute approximate surface area is 278 Å². The molecule has 1 aliphatic rings. The van der Waals surface area contributed by atoms with Crippen LogP contribution in [0.2, 0.25) is 0 Å². The largest absolute Gasteiger partial charge is 1.00 e. The van der Waals surface area contributed by atoms with E-state index in [1.54, 1.807) is 35.4 Å². The van der Waals surface area contributed by atoms with Gasteiger partial charge in [0.05, 0.1) is 18.9 Å². The van der Waals surface area contributed by atoms with Gasteiger partial charge in [0.15, 0.2) is 5.82 Å². The number of hydrogen-bond donors (Lipinski definition) is 2. The van der Waals surface area contributed by atoms with Crippen molar-refractivity contribution < 1.29 is 60.9 Å². The second-order valence-corrected chi connectivity index (χ2v) is 9.63. The Morgan fingerprint density at radius 1 is 1.23 bits per heavy atom. The molecule has 39 heavy (non-hydrogen) atoms. The molecule has 1 aliphatic heterocycles. The Morgan fingerprint density at radius 2 is 1.92 bits per heavy atom. The second kappa shape index (κ2) is 17.9. The summed E-state index contributed by atoms with van der Waals surface area (Å²) in [5.41, 5.74) is 2.38. The molecule has 0 saturated carbocycles. The minimum Gasteiger partial charge on any atom is -0.533 e. The molecule has 1 atom stereocenters. The predicted molar refractivity (Wildman–Crippen MR) is 158 cm³/mol. The molecular formula is C27H38BKN7O2P. The second-order valence-electron chi connectivity index (χ2n) is 8.92. The van der Waals surface area contributed by atoms with Crippen LogP contribution in [-0.4, -0.2) is 50.5 Å². The molecule has 0 saturated heterocycles. The fourth-order valence-corrected chi connectivity index (χ4v) is 3.72. The van der Waals surface area contributed by atoms with E-state index in [-0.39, 0.29) is 62.9 Å². The van der Waals surface area contributed by atoms with E-state index < -0.39 is 0 Å². The molecule has 0 aromatic carbocycles. The number of rotatable bonds is 3. The van der Waals surface area contributed by atoms with Crippen molar-refractivity contribution in [3.8, 4) is 23.0 Å². The van der Waals surface area contributed by atoms with Crippen LogP contribution in [0.5, 0.6) is 11.6 Å². The van der Waals surface area contributed by atoms with Crippen LogP contribution in [-0.2, 0) is 7.05 Å². The summed E-state index contributed by atoms with van der Waals surface area (Å²) in [5, 5.41) is 15.7. The van der Waals surface area contributed by atoms with Gasteiger partial charge >= 0.3 is 51.4 Å². The fourth-order valence-electron chi connectivity index (χ4n) is 3.33. The molecule has 3 aromatic rings. The van der Waals surface area contributed by atoms with Crippen LogP contribution in [0.15, 0.2) is 36.8 Å². The monoisotopic (exact) mass is 573 g/mol. The van der Waals surface area contributed by atoms with E-state index in [0.29, 0.717) is 67.3 Å². The van der Waals surface area contributed by atoms with E-state index >= 15 is 0 Å². The van der Waals surface area contributed by atoms with E-state index in [2.05, 4.69) is 46.1 Å². The van der Waals surface area contributed by atoms with Crippen molar-refractivity contribution in [1.29, 1.82) is 5.41 Å². The van der Waals surface area contributed by atoms with Crippen LogP contribution in [0, 0.1) is 11.3 Å². The number of aromatic nitrogens is 5. The summed E-state index contributed by atoms with van der Waals surface area (Å²) in [6.45, 7) is 14.8. The zero-order valence-electron chi connectivity index (χ0n) is 24.6. The maximum absolute atomic E-state index is 8.21. The summed E-state index contributed by atoms with van der Waals surface area (Å²) in [6, 6.07) is 3.56. The molecule has 0 spiro atoms. The third-order valence-corrected chi connectivity index (χ3v) is 5.46. The first-order valence-electron chi connectivity index (χ1n) is 12.8. The Kier molecular flexibility index (Phi) is 16.3.